The van der Waals surface area contributed by atoms with Crippen molar-refractivity contribution in [2.24, 2.45) is 0 Å². The SMILES string of the molecule is Nc1cccc([C@@H]2CN(C(=O)CCn3cnc4ccccc43)CCO2)n1. The molecule has 2 N–H and O–H groups in total. The number of hydrogen-bond donors (Lipinski definition) is 1. The lowest BCUT2D eigenvalue weighted by Crippen LogP contribution is -2.42. The van der Waals surface area contributed by atoms with Gasteiger partial charge in [0.1, 0.15) is 11.9 Å². The Morgan fingerprint density at radius 1 is 1.23 bits per heavy atom. The number of ether oxygens (including phenoxy) is 1. The van der Waals surface area contributed by atoms with Crippen molar-refractivity contribution in [1.29, 1.82) is 0 Å². The zero-order valence-electron chi connectivity index (χ0n) is 14.4. The molecule has 1 aliphatic rings. The fourth-order valence-corrected chi connectivity index (χ4v) is 3.27. The maximum absolute atomic E-state index is 12.7. The number of imidazole rings is 1. The second kappa shape index (κ2) is 7.13. The number of para-hydroxylation sites is 2. The van der Waals surface area contributed by atoms with Gasteiger partial charge in [0.2, 0.25) is 5.91 Å². The number of aryl methyl sites for hydroxylation is 1. The van der Waals surface area contributed by atoms with Gasteiger partial charge in [-0.25, -0.2) is 9.97 Å². The molecule has 4 rings (SSSR count). The highest BCUT2D eigenvalue weighted by atomic mass is 16.5. The number of benzene rings is 1. The highest BCUT2D eigenvalue weighted by Gasteiger charge is 2.26. The van der Waals surface area contributed by atoms with E-state index in [4.69, 9.17) is 10.5 Å². The summed E-state index contributed by atoms with van der Waals surface area (Å²) in [5, 5.41) is 0. The molecular weight excluding hydrogens is 330 g/mol. The Kier molecular flexibility index (Phi) is 4.53. The molecule has 3 heterocycles. The predicted molar refractivity (Wildman–Crippen MR) is 98.3 cm³/mol. The minimum Gasteiger partial charge on any atom is -0.384 e. The van der Waals surface area contributed by atoms with Crippen molar-refractivity contribution < 1.29 is 9.53 Å². The van der Waals surface area contributed by atoms with E-state index < -0.39 is 0 Å². The van der Waals surface area contributed by atoms with Crippen molar-refractivity contribution in [3.05, 3.63) is 54.5 Å². The molecule has 7 heteroatoms. The summed E-state index contributed by atoms with van der Waals surface area (Å²) in [4.78, 5) is 23.2. The van der Waals surface area contributed by atoms with Crippen LogP contribution in [0.15, 0.2) is 48.8 Å². The van der Waals surface area contributed by atoms with Crippen LogP contribution in [0.4, 0.5) is 5.82 Å². The van der Waals surface area contributed by atoms with E-state index in [0.29, 0.717) is 38.5 Å². The summed E-state index contributed by atoms with van der Waals surface area (Å²) in [7, 11) is 0. The number of carbonyl (C=O) groups is 1. The van der Waals surface area contributed by atoms with Crippen LogP contribution < -0.4 is 5.73 Å². The highest BCUT2D eigenvalue weighted by molar-refractivity contribution is 5.77. The van der Waals surface area contributed by atoms with Crippen LogP contribution >= 0.6 is 0 Å². The Bertz CT molecular complexity index is 923. The van der Waals surface area contributed by atoms with Crippen molar-refractivity contribution >= 4 is 22.8 Å². The lowest BCUT2D eigenvalue weighted by molar-refractivity contribution is -0.139. The first-order valence-electron chi connectivity index (χ1n) is 8.72. The molecule has 3 aromatic rings. The molecule has 7 nitrogen and oxygen atoms in total. The van der Waals surface area contributed by atoms with Crippen LogP contribution in [0, 0.1) is 0 Å². The number of nitrogens with zero attached hydrogens (tertiary/aromatic N) is 4. The Morgan fingerprint density at radius 3 is 3.00 bits per heavy atom. The molecule has 0 bridgehead atoms. The fraction of sp³-hybridized carbons (Fsp3) is 0.316. The van der Waals surface area contributed by atoms with E-state index in [9.17, 15) is 4.79 Å². The molecule has 2 aromatic heterocycles. The van der Waals surface area contributed by atoms with E-state index in [1.54, 1.807) is 12.4 Å². The van der Waals surface area contributed by atoms with Crippen LogP contribution in [0.25, 0.3) is 11.0 Å². The van der Waals surface area contributed by atoms with Crippen LogP contribution in [0.5, 0.6) is 0 Å². The third-order valence-corrected chi connectivity index (χ3v) is 4.64. The van der Waals surface area contributed by atoms with Gasteiger partial charge in [0.15, 0.2) is 0 Å². The molecule has 134 valence electrons. The number of nitrogen functional groups attached to an aromatic ring is 1. The van der Waals surface area contributed by atoms with Crippen molar-refractivity contribution in [2.75, 3.05) is 25.4 Å². The van der Waals surface area contributed by atoms with Gasteiger partial charge in [-0.1, -0.05) is 18.2 Å². The van der Waals surface area contributed by atoms with Crippen LogP contribution in [0.3, 0.4) is 0 Å². The number of morpholine rings is 1. The minimum absolute atomic E-state index is 0.111. The maximum Gasteiger partial charge on any atom is 0.224 e. The van der Waals surface area contributed by atoms with E-state index in [1.807, 2.05) is 45.9 Å². The highest BCUT2D eigenvalue weighted by Crippen LogP contribution is 2.22. The normalized spacial score (nSPS) is 17.5. The van der Waals surface area contributed by atoms with Crippen LogP contribution in [-0.2, 0) is 16.1 Å². The summed E-state index contributed by atoms with van der Waals surface area (Å²) in [5.41, 5.74) is 8.51. The third kappa shape index (κ3) is 3.39. The number of carbonyl (C=O) groups excluding carboxylic acids is 1. The Labute approximate surface area is 151 Å². The largest absolute Gasteiger partial charge is 0.384 e. The number of aromatic nitrogens is 3. The summed E-state index contributed by atoms with van der Waals surface area (Å²) in [5.74, 6) is 0.571. The second-order valence-electron chi connectivity index (χ2n) is 6.36. The predicted octanol–water partition coefficient (Wildman–Crippen LogP) is 2.00. The molecule has 1 amide bonds. The molecule has 26 heavy (non-hydrogen) atoms. The van der Waals surface area contributed by atoms with E-state index >= 15 is 0 Å². The Morgan fingerprint density at radius 2 is 2.12 bits per heavy atom. The number of pyridine rings is 1. The Hall–Kier alpha value is -2.93. The van der Waals surface area contributed by atoms with Gasteiger partial charge in [-0.15, -0.1) is 0 Å². The molecule has 1 aromatic carbocycles. The average molecular weight is 351 g/mol. The van der Waals surface area contributed by atoms with Crippen molar-refractivity contribution in [2.45, 2.75) is 19.1 Å². The lowest BCUT2D eigenvalue weighted by atomic mass is 10.1. The van der Waals surface area contributed by atoms with E-state index in [2.05, 4.69) is 9.97 Å². The van der Waals surface area contributed by atoms with E-state index in [-0.39, 0.29) is 12.0 Å². The third-order valence-electron chi connectivity index (χ3n) is 4.64. The van der Waals surface area contributed by atoms with Crippen LogP contribution in [-0.4, -0.2) is 45.0 Å². The summed E-state index contributed by atoms with van der Waals surface area (Å²) in [6, 6.07) is 13.4. The summed E-state index contributed by atoms with van der Waals surface area (Å²) >= 11 is 0. The fourth-order valence-electron chi connectivity index (χ4n) is 3.27. The van der Waals surface area contributed by atoms with Crippen molar-refractivity contribution in [3.8, 4) is 0 Å². The number of rotatable bonds is 4. The number of nitrogens with two attached hydrogens (primary N) is 1. The molecule has 0 radical (unpaired) electrons. The summed E-state index contributed by atoms with van der Waals surface area (Å²) < 4.78 is 7.80. The van der Waals surface area contributed by atoms with E-state index in [0.717, 1.165) is 16.7 Å². The molecule has 0 unspecified atom stereocenters. The van der Waals surface area contributed by atoms with Crippen LogP contribution in [0.2, 0.25) is 0 Å². The first kappa shape index (κ1) is 16.5. The van der Waals surface area contributed by atoms with Gasteiger partial charge in [-0.3, -0.25) is 4.79 Å². The minimum atomic E-state index is -0.231. The first-order valence-corrected chi connectivity index (χ1v) is 8.72. The van der Waals surface area contributed by atoms with Gasteiger partial charge in [0.05, 0.1) is 36.2 Å². The maximum atomic E-state index is 12.7. The quantitative estimate of drug-likeness (QED) is 0.777. The average Bonchev–Trinajstić information content (AvgIpc) is 3.09. The molecular formula is C19H21N5O2. The molecule has 1 saturated heterocycles. The lowest BCUT2D eigenvalue weighted by Gasteiger charge is -2.32. The molecule has 0 spiro atoms. The van der Waals surface area contributed by atoms with Gasteiger partial charge in [0, 0.05) is 19.5 Å². The number of anilines is 1. The summed E-state index contributed by atoms with van der Waals surface area (Å²) in [6.07, 6.45) is 1.99. The smallest absolute Gasteiger partial charge is 0.224 e. The summed E-state index contributed by atoms with van der Waals surface area (Å²) in [6.45, 7) is 2.21. The molecule has 0 aliphatic carbocycles. The van der Waals surface area contributed by atoms with Gasteiger partial charge < -0.3 is 19.9 Å². The molecule has 0 saturated carbocycles. The Balaban J connectivity index is 1.40. The van der Waals surface area contributed by atoms with Crippen molar-refractivity contribution in [3.63, 3.8) is 0 Å². The van der Waals surface area contributed by atoms with Gasteiger partial charge in [-0.05, 0) is 24.3 Å². The monoisotopic (exact) mass is 351 g/mol. The van der Waals surface area contributed by atoms with Gasteiger partial charge >= 0.3 is 0 Å². The standard InChI is InChI=1S/C19H21N5O2/c20-18-7-3-5-15(22-18)17-12-23(10-11-26-17)19(25)8-9-24-13-21-14-4-1-2-6-16(14)24/h1-7,13,17H,8-12H2,(H2,20,22)/t17-/m0/s1. The molecule has 1 fully saturated rings. The first-order chi connectivity index (χ1) is 12.7. The number of amides is 1. The molecule has 1 atom stereocenters. The number of fused-ring (bicyclic) bond motifs is 1. The van der Waals surface area contributed by atoms with Gasteiger partial charge in [0.25, 0.3) is 0 Å². The second-order valence-corrected chi connectivity index (χ2v) is 6.36. The number of hydrogen-bond acceptors (Lipinski definition) is 5. The van der Waals surface area contributed by atoms with Crippen LogP contribution in [0.1, 0.15) is 18.2 Å². The zero-order valence-corrected chi connectivity index (χ0v) is 14.4. The van der Waals surface area contributed by atoms with E-state index in [1.165, 1.54) is 0 Å². The zero-order chi connectivity index (χ0) is 17.9. The van der Waals surface area contributed by atoms with Gasteiger partial charge in [-0.2, -0.15) is 0 Å². The van der Waals surface area contributed by atoms with Crippen molar-refractivity contribution in [1.82, 2.24) is 19.4 Å². The molecule has 1 aliphatic heterocycles. The topological polar surface area (TPSA) is 86.3 Å².